The Hall–Kier alpha value is -1.02. The summed E-state index contributed by atoms with van der Waals surface area (Å²) in [5.41, 5.74) is 2.96. The lowest BCUT2D eigenvalue weighted by atomic mass is 10.2. The molecule has 1 heterocycles. The lowest BCUT2D eigenvalue weighted by Gasteiger charge is -2.19. The van der Waals surface area contributed by atoms with E-state index in [4.69, 9.17) is 0 Å². The minimum atomic E-state index is 0.603. The molecular weight excluding hydrogens is 196 g/mol. The van der Waals surface area contributed by atoms with Gasteiger partial charge in [0, 0.05) is 24.8 Å². The van der Waals surface area contributed by atoms with E-state index in [2.05, 4.69) is 48.3 Å². The molecule has 1 N–H and O–H groups in total. The molecule has 0 radical (unpaired) electrons. The summed E-state index contributed by atoms with van der Waals surface area (Å²) in [5, 5.41) is 3.47. The molecule has 0 saturated heterocycles. The maximum Gasteiger partial charge on any atom is 0.0399 e. The van der Waals surface area contributed by atoms with Gasteiger partial charge in [-0.1, -0.05) is 32.0 Å². The first-order valence-corrected chi connectivity index (χ1v) is 6.33. The highest BCUT2D eigenvalue weighted by atomic mass is 15.1. The number of benzene rings is 1. The Bertz CT molecular complexity index is 333. The molecule has 0 fully saturated rings. The van der Waals surface area contributed by atoms with Crippen LogP contribution in [-0.4, -0.2) is 25.7 Å². The molecule has 2 nitrogen and oxygen atoms in total. The molecule has 2 heteroatoms. The van der Waals surface area contributed by atoms with Crippen molar-refractivity contribution in [3.8, 4) is 0 Å². The molecule has 0 saturated carbocycles. The second-order valence-corrected chi connectivity index (χ2v) is 4.83. The molecule has 0 spiro atoms. The van der Waals surface area contributed by atoms with E-state index < -0.39 is 0 Å². The number of hydrogen-bond donors (Lipinski definition) is 1. The van der Waals surface area contributed by atoms with Gasteiger partial charge in [-0.25, -0.2) is 0 Å². The summed E-state index contributed by atoms with van der Waals surface area (Å²) in [7, 11) is 0. The zero-order valence-corrected chi connectivity index (χ0v) is 10.4. The molecule has 1 aromatic rings. The SMILES string of the molecule is CC(C)NCCCN1CCc2ccccc21. The Balaban J connectivity index is 1.80. The monoisotopic (exact) mass is 218 g/mol. The number of hydrogen-bond acceptors (Lipinski definition) is 2. The standard InChI is InChI=1S/C14H22N2/c1-12(2)15-9-5-10-16-11-8-13-6-3-4-7-14(13)16/h3-4,6-7,12,15H,5,8-11H2,1-2H3. The van der Waals surface area contributed by atoms with Crippen LogP contribution in [0.5, 0.6) is 0 Å². The zero-order valence-electron chi connectivity index (χ0n) is 10.4. The van der Waals surface area contributed by atoms with Crippen LogP contribution in [0.15, 0.2) is 24.3 Å². The molecule has 16 heavy (non-hydrogen) atoms. The highest BCUT2D eigenvalue weighted by molar-refractivity contribution is 5.57. The summed E-state index contributed by atoms with van der Waals surface area (Å²) < 4.78 is 0. The first-order chi connectivity index (χ1) is 7.77. The predicted molar refractivity (Wildman–Crippen MR) is 70.1 cm³/mol. The highest BCUT2D eigenvalue weighted by Gasteiger charge is 2.16. The maximum absolute atomic E-state index is 3.47. The predicted octanol–water partition coefficient (Wildman–Crippen LogP) is 2.44. The quantitative estimate of drug-likeness (QED) is 0.764. The average molecular weight is 218 g/mol. The molecule has 1 aliphatic rings. The first-order valence-electron chi connectivity index (χ1n) is 6.33. The Morgan fingerprint density at radius 1 is 1.31 bits per heavy atom. The van der Waals surface area contributed by atoms with Crippen molar-refractivity contribution >= 4 is 5.69 Å². The Morgan fingerprint density at radius 2 is 2.12 bits per heavy atom. The van der Waals surface area contributed by atoms with Crippen LogP contribution in [0.25, 0.3) is 0 Å². The molecule has 0 atom stereocenters. The lowest BCUT2D eigenvalue weighted by Crippen LogP contribution is -2.28. The van der Waals surface area contributed by atoms with Crippen LogP contribution < -0.4 is 10.2 Å². The van der Waals surface area contributed by atoms with E-state index in [-0.39, 0.29) is 0 Å². The van der Waals surface area contributed by atoms with Gasteiger partial charge in [-0.3, -0.25) is 0 Å². The van der Waals surface area contributed by atoms with Crippen molar-refractivity contribution in [2.24, 2.45) is 0 Å². The van der Waals surface area contributed by atoms with Crippen LogP contribution in [-0.2, 0) is 6.42 Å². The van der Waals surface area contributed by atoms with Gasteiger partial charge in [0.2, 0.25) is 0 Å². The lowest BCUT2D eigenvalue weighted by molar-refractivity contribution is 0.567. The number of nitrogens with one attached hydrogen (secondary N) is 1. The third kappa shape index (κ3) is 2.76. The summed E-state index contributed by atoms with van der Waals surface area (Å²) >= 11 is 0. The summed E-state index contributed by atoms with van der Waals surface area (Å²) in [4.78, 5) is 2.51. The fraction of sp³-hybridized carbons (Fsp3) is 0.571. The summed E-state index contributed by atoms with van der Waals surface area (Å²) in [6, 6.07) is 9.39. The minimum absolute atomic E-state index is 0.603. The summed E-state index contributed by atoms with van der Waals surface area (Å²) in [6.45, 7) is 7.89. The van der Waals surface area contributed by atoms with Gasteiger partial charge in [0.15, 0.2) is 0 Å². The topological polar surface area (TPSA) is 15.3 Å². The van der Waals surface area contributed by atoms with E-state index in [1.54, 1.807) is 0 Å². The molecule has 0 bridgehead atoms. The van der Waals surface area contributed by atoms with Gasteiger partial charge >= 0.3 is 0 Å². The highest BCUT2D eigenvalue weighted by Crippen LogP contribution is 2.27. The number of para-hydroxylation sites is 1. The third-order valence-electron chi connectivity index (χ3n) is 3.14. The van der Waals surface area contributed by atoms with Crippen molar-refractivity contribution in [1.29, 1.82) is 0 Å². The van der Waals surface area contributed by atoms with Crippen molar-refractivity contribution in [2.45, 2.75) is 32.7 Å². The van der Waals surface area contributed by atoms with Gasteiger partial charge in [-0.05, 0) is 31.0 Å². The van der Waals surface area contributed by atoms with Crippen LogP contribution in [0.2, 0.25) is 0 Å². The van der Waals surface area contributed by atoms with Crippen LogP contribution in [0.4, 0.5) is 5.69 Å². The summed E-state index contributed by atoms with van der Waals surface area (Å²) in [5.74, 6) is 0. The van der Waals surface area contributed by atoms with Crippen LogP contribution >= 0.6 is 0 Å². The van der Waals surface area contributed by atoms with E-state index >= 15 is 0 Å². The van der Waals surface area contributed by atoms with E-state index in [9.17, 15) is 0 Å². The molecule has 2 rings (SSSR count). The molecule has 0 aliphatic carbocycles. The maximum atomic E-state index is 3.47. The second-order valence-electron chi connectivity index (χ2n) is 4.83. The van der Waals surface area contributed by atoms with Crippen molar-refractivity contribution in [3.63, 3.8) is 0 Å². The smallest absolute Gasteiger partial charge is 0.0399 e. The van der Waals surface area contributed by atoms with Gasteiger partial charge in [0.1, 0.15) is 0 Å². The molecule has 0 unspecified atom stereocenters. The van der Waals surface area contributed by atoms with Gasteiger partial charge in [0.25, 0.3) is 0 Å². The van der Waals surface area contributed by atoms with Crippen LogP contribution in [0, 0.1) is 0 Å². The number of nitrogens with zero attached hydrogens (tertiary/aromatic N) is 1. The van der Waals surface area contributed by atoms with Gasteiger partial charge in [0.05, 0.1) is 0 Å². The van der Waals surface area contributed by atoms with Gasteiger partial charge in [-0.2, -0.15) is 0 Å². The fourth-order valence-corrected chi connectivity index (χ4v) is 2.30. The van der Waals surface area contributed by atoms with Crippen molar-refractivity contribution in [3.05, 3.63) is 29.8 Å². The van der Waals surface area contributed by atoms with E-state index in [0.717, 1.165) is 6.54 Å². The molecule has 0 amide bonds. The Kier molecular flexibility index (Phi) is 3.83. The van der Waals surface area contributed by atoms with Crippen molar-refractivity contribution < 1.29 is 0 Å². The number of anilines is 1. The van der Waals surface area contributed by atoms with Crippen LogP contribution in [0.3, 0.4) is 0 Å². The fourth-order valence-electron chi connectivity index (χ4n) is 2.30. The first kappa shape index (κ1) is 11.5. The molecule has 1 aliphatic heterocycles. The minimum Gasteiger partial charge on any atom is -0.371 e. The second kappa shape index (κ2) is 5.35. The van der Waals surface area contributed by atoms with Gasteiger partial charge in [-0.15, -0.1) is 0 Å². The normalized spacial score (nSPS) is 14.6. The van der Waals surface area contributed by atoms with E-state index in [1.807, 2.05) is 0 Å². The number of fused-ring (bicyclic) bond motifs is 1. The summed E-state index contributed by atoms with van der Waals surface area (Å²) in [6.07, 6.45) is 2.44. The van der Waals surface area contributed by atoms with Crippen molar-refractivity contribution in [2.75, 3.05) is 24.5 Å². The Labute approximate surface area is 98.7 Å². The Morgan fingerprint density at radius 3 is 2.94 bits per heavy atom. The molecule has 0 aromatic heterocycles. The van der Waals surface area contributed by atoms with Gasteiger partial charge < -0.3 is 10.2 Å². The molecule has 88 valence electrons. The van der Waals surface area contributed by atoms with Crippen molar-refractivity contribution in [1.82, 2.24) is 5.32 Å². The average Bonchev–Trinajstić information content (AvgIpc) is 2.68. The van der Waals surface area contributed by atoms with E-state index in [1.165, 1.54) is 37.2 Å². The third-order valence-corrected chi connectivity index (χ3v) is 3.14. The molecule has 1 aromatic carbocycles. The zero-order chi connectivity index (χ0) is 11.4. The molecular formula is C14H22N2. The van der Waals surface area contributed by atoms with E-state index in [0.29, 0.717) is 6.04 Å². The number of rotatable bonds is 5. The van der Waals surface area contributed by atoms with Crippen LogP contribution in [0.1, 0.15) is 25.8 Å². The largest absolute Gasteiger partial charge is 0.371 e.